The Morgan fingerprint density at radius 2 is 1.79 bits per heavy atom. The van der Waals surface area contributed by atoms with E-state index in [-0.39, 0.29) is 5.97 Å². The molecule has 2 heterocycles. The average Bonchev–Trinajstić information content (AvgIpc) is 3.25. The summed E-state index contributed by atoms with van der Waals surface area (Å²) in [5.74, 6) is 2.14. The van der Waals surface area contributed by atoms with Gasteiger partial charge in [0, 0.05) is 24.7 Å². The number of rotatable bonds is 7. The predicted octanol–water partition coefficient (Wildman–Crippen LogP) is 4.58. The van der Waals surface area contributed by atoms with E-state index in [0.717, 1.165) is 42.7 Å². The Morgan fingerprint density at radius 3 is 2.45 bits per heavy atom. The zero-order valence-corrected chi connectivity index (χ0v) is 19.4. The smallest absolute Gasteiger partial charge is 0.354 e. The molecule has 176 valence electrons. The molecule has 1 saturated heterocycles. The van der Waals surface area contributed by atoms with Crippen molar-refractivity contribution in [1.29, 1.82) is 0 Å². The third-order valence-electron chi connectivity index (χ3n) is 5.23. The van der Waals surface area contributed by atoms with Crippen molar-refractivity contribution in [3.63, 3.8) is 0 Å². The number of aryl methyl sites for hydroxylation is 1. The number of ether oxygens (including phenoxy) is 4. The highest BCUT2D eigenvalue weighted by molar-refractivity contribution is 7.51. The first-order valence-electron chi connectivity index (χ1n) is 10.7. The summed E-state index contributed by atoms with van der Waals surface area (Å²) in [6.07, 6.45) is 1.98. The highest BCUT2D eigenvalue weighted by Gasteiger charge is 2.18. The van der Waals surface area contributed by atoms with Crippen LogP contribution in [0.3, 0.4) is 0 Å². The fourth-order valence-corrected chi connectivity index (χ4v) is 3.54. The maximum atomic E-state index is 12.2. The van der Waals surface area contributed by atoms with Gasteiger partial charge in [-0.05, 0) is 56.9 Å². The first kappa shape index (κ1) is 24.5. The number of benzene rings is 2. The van der Waals surface area contributed by atoms with Gasteiger partial charge in [0.05, 0.1) is 18.7 Å². The second-order valence-corrected chi connectivity index (χ2v) is 7.78. The molecule has 0 saturated carbocycles. The van der Waals surface area contributed by atoms with E-state index in [1.165, 1.54) is 5.56 Å². The van der Waals surface area contributed by atoms with Crippen LogP contribution >= 0.6 is 0 Å². The van der Waals surface area contributed by atoms with Crippen molar-refractivity contribution in [2.75, 3.05) is 26.4 Å². The standard InChI is InChI=1S/C24H27NO5.O2S/c1-3-28-24(26)21-13-18-12-20(30-19-6-4-16(2)5-7-19)14-22(23(18)25-21)29-15-17-8-10-27-11-9-17;1-3-2/h4-7,12-14,17,25H,3,8-11,15H2,1-2H3;. The highest BCUT2D eigenvalue weighted by Crippen LogP contribution is 2.34. The molecule has 0 radical (unpaired) electrons. The van der Waals surface area contributed by atoms with E-state index >= 15 is 0 Å². The van der Waals surface area contributed by atoms with Crippen molar-refractivity contribution in [3.05, 3.63) is 53.7 Å². The molecule has 0 bridgehead atoms. The number of aromatic nitrogens is 1. The molecule has 0 amide bonds. The van der Waals surface area contributed by atoms with Crippen LogP contribution in [0, 0.1) is 12.8 Å². The van der Waals surface area contributed by atoms with Crippen molar-refractivity contribution in [2.24, 2.45) is 5.92 Å². The van der Waals surface area contributed by atoms with Crippen LogP contribution in [-0.2, 0) is 21.0 Å². The Kier molecular flexibility index (Phi) is 9.03. The summed E-state index contributed by atoms with van der Waals surface area (Å²) < 4.78 is 39.4. The second-order valence-electron chi connectivity index (χ2n) is 7.64. The summed E-state index contributed by atoms with van der Waals surface area (Å²) in [5, 5.41) is 0.838. The normalized spacial score (nSPS) is 13.6. The van der Waals surface area contributed by atoms with E-state index in [2.05, 4.69) is 4.98 Å². The summed E-state index contributed by atoms with van der Waals surface area (Å²) in [6, 6.07) is 13.4. The molecule has 3 aromatic rings. The highest BCUT2D eigenvalue weighted by atomic mass is 32.1. The molecular weight excluding hydrogens is 446 g/mol. The number of aromatic amines is 1. The third kappa shape index (κ3) is 6.90. The maximum absolute atomic E-state index is 12.2. The van der Waals surface area contributed by atoms with Crippen molar-refractivity contribution in [3.8, 4) is 17.2 Å². The van der Waals surface area contributed by atoms with Gasteiger partial charge in [-0.2, -0.15) is 8.42 Å². The van der Waals surface area contributed by atoms with Gasteiger partial charge in [0.2, 0.25) is 0 Å². The van der Waals surface area contributed by atoms with E-state index in [1.807, 2.05) is 43.3 Å². The molecule has 0 unspecified atom stereocenters. The lowest BCUT2D eigenvalue weighted by Crippen LogP contribution is -2.21. The molecule has 4 rings (SSSR count). The topological polar surface area (TPSA) is 104 Å². The monoisotopic (exact) mass is 473 g/mol. The Labute approximate surface area is 195 Å². The maximum Gasteiger partial charge on any atom is 0.354 e. The summed E-state index contributed by atoms with van der Waals surface area (Å²) in [4.78, 5) is 15.4. The van der Waals surface area contributed by atoms with Crippen LogP contribution in [0.5, 0.6) is 17.2 Å². The number of esters is 1. The molecule has 1 N–H and O–H groups in total. The van der Waals surface area contributed by atoms with Gasteiger partial charge in [0.1, 0.15) is 22.9 Å². The molecule has 0 spiro atoms. The Morgan fingerprint density at radius 1 is 1.09 bits per heavy atom. The van der Waals surface area contributed by atoms with Crippen LogP contribution in [0.2, 0.25) is 0 Å². The quantitative estimate of drug-likeness (QED) is 0.501. The van der Waals surface area contributed by atoms with Gasteiger partial charge < -0.3 is 23.9 Å². The van der Waals surface area contributed by atoms with Gasteiger partial charge in [0.25, 0.3) is 0 Å². The van der Waals surface area contributed by atoms with Gasteiger partial charge in [-0.1, -0.05) is 17.7 Å². The Hall–Kier alpha value is -3.17. The van der Waals surface area contributed by atoms with Crippen molar-refractivity contribution < 1.29 is 32.2 Å². The molecule has 1 fully saturated rings. The second kappa shape index (κ2) is 12.2. The van der Waals surface area contributed by atoms with Crippen molar-refractivity contribution in [2.45, 2.75) is 26.7 Å². The predicted molar refractivity (Wildman–Crippen MR) is 123 cm³/mol. The van der Waals surface area contributed by atoms with E-state index in [9.17, 15) is 4.79 Å². The van der Waals surface area contributed by atoms with E-state index in [0.29, 0.717) is 36.3 Å². The summed E-state index contributed by atoms with van der Waals surface area (Å²) in [7, 11) is 0. The molecule has 1 aromatic heterocycles. The lowest BCUT2D eigenvalue weighted by molar-refractivity contribution is 0.0498. The number of carbonyl (C=O) groups excluding carboxylic acids is 1. The minimum Gasteiger partial charge on any atom is -0.491 e. The van der Waals surface area contributed by atoms with Crippen molar-refractivity contribution >= 4 is 28.4 Å². The van der Waals surface area contributed by atoms with Gasteiger partial charge in [-0.25, -0.2) is 4.79 Å². The molecule has 1 aliphatic heterocycles. The molecule has 2 aromatic carbocycles. The van der Waals surface area contributed by atoms with E-state index < -0.39 is 11.6 Å². The zero-order chi connectivity index (χ0) is 23.6. The SMILES string of the molecule is CCOC(=O)c1cc2cc(Oc3ccc(C)cc3)cc(OCC3CCOCC3)c2[nH]1.O=S=O. The molecule has 0 atom stereocenters. The largest absolute Gasteiger partial charge is 0.491 e. The minimum absolute atomic E-state index is 0.323. The van der Waals surface area contributed by atoms with Crippen LogP contribution in [0.4, 0.5) is 0 Å². The molecule has 9 heteroatoms. The fourth-order valence-electron chi connectivity index (χ4n) is 3.54. The summed E-state index contributed by atoms with van der Waals surface area (Å²) in [5.41, 5.74) is 2.33. The first-order chi connectivity index (χ1) is 16.0. The Balaban J connectivity index is 0.000000968. The molecule has 0 aliphatic carbocycles. The van der Waals surface area contributed by atoms with Crippen LogP contribution < -0.4 is 9.47 Å². The number of carbonyl (C=O) groups is 1. The minimum atomic E-state index is -0.750. The average molecular weight is 474 g/mol. The number of hydrogen-bond donors (Lipinski definition) is 1. The number of nitrogens with one attached hydrogen (secondary N) is 1. The number of H-pyrrole nitrogens is 1. The van der Waals surface area contributed by atoms with Gasteiger partial charge >= 0.3 is 17.5 Å². The number of hydrogen-bond acceptors (Lipinski definition) is 7. The third-order valence-corrected chi connectivity index (χ3v) is 5.23. The molecule has 1 aliphatic rings. The van der Waals surface area contributed by atoms with Gasteiger partial charge in [-0.3, -0.25) is 0 Å². The van der Waals surface area contributed by atoms with Crippen molar-refractivity contribution in [1.82, 2.24) is 4.98 Å². The summed E-state index contributed by atoms with van der Waals surface area (Å²) >= 11 is -0.750. The molecule has 33 heavy (non-hydrogen) atoms. The molecular formula is C24H27NO7S. The molecule has 8 nitrogen and oxygen atoms in total. The van der Waals surface area contributed by atoms with Crippen LogP contribution in [0.25, 0.3) is 10.9 Å². The van der Waals surface area contributed by atoms with Crippen LogP contribution in [0.1, 0.15) is 35.8 Å². The lowest BCUT2D eigenvalue weighted by Gasteiger charge is -2.22. The first-order valence-corrected chi connectivity index (χ1v) is 11.4. The van der Waals surface area contributed by atoms with Crippen LogP contribution in [0.15, 0.2) is 42.5 Å². The van der Waals surface area contributed by atoms with E-state index in [1.54, 1.807) is 13.0 Å². The zero-order valence-electron chi connectivity index (χ0n) is 18.6. The van der Waals surface area contributed by atoms with Crippen LogP contribution in [-0.4, -0.2) is 45.8 Å². The van der Waals surface area contributed by atoms with E-state index in [4.69, 9.17) is 27.4 Å². The number of fused-ring (bicyclic) bond motifs is 1. The summed E-state index contributed by atoms with van der Waals surface area (Å²) in [6.45, 7) is 6.29. The Bertz CT molecular complexity index is 1100. The van der Waals surface area contributed by atoms with Gasteiger partial charge in [0.15, 0.2) is 0 Å². The van der Waals surface area contributed by atoms with Gasteiger partial charge in [-0.15, -0.1) is 0 Å². The lowest BCUT2D eigenvalue weighted by atomic mass is 10.0. The fraction of sp³-hybridized carbons (Fsp3) is 0.375.